The van der Waals surface area contributed by atoms with Crippen LogP contribution in [0.15, 0.2) is 53.4 Å². The van der Waals surface area contributed by atoms with E-state index in [1.807, 2.05) is 25.2 Å². The van der Waals surface area contributed by atoms with Crippen LogP contribution in [0.5, 0.6) is 0 Å². The molecule has 0 atom stereocenters. The molecule has 0 bridgehead atoms. The van der Waals surface area contributed by atoms with Crippen molar-refractivity contribution < 1.29 is 13.3 Å². The van der Waals surface area contributed by atoms with Crippen LogP contribution in [-0.4, -0.2) is 79.8 Å². The number of nitrogens with zero attached hydrogens (tertiary/aromatic N) is 4. The van der Waals surface area contributed by atoms with Gasteiger partial charge in [0.15, 0.2) is 0 Å². The number of nitro groups is 1. The highest BCUT2D eigenvalue weighted by atomic mass is 32.2. The second-order valence-electron chi connectivity index (χ2n) is 8.82. The molecular weight excluding hydrogens is 442 g/mol. The van der Waals surface area contributed by atoms with Gasteiger partial charge in [0.2, 0.25) is 10.0 Å². The molecule has 0 spiro atoms. The first-order valence-corrected chi connectivity index (χ1v) is 12.8. The number of rotatable bonds is 7. The quantitative estimate of drug-likeness (QED) is 0.487. The maximum absolute atomic E-state index is 13.0. The molecular formula is C23H31N5O4S. The monoisotopic (exact) mass is 473 g/mol. The molecule has 2 fully saturated rings. The molecule has 4 rings (SSSR count). The van der Waals surface area contributed by atoms with E-state index < -0.39 is 14.9 Å². The van der Waals surface area contributed by atoms with Crippen LogP contribution in [0.1, 0.15) is 18.4 Å². The van der Waals surface area contributed by atoms with Gasteiger partial charge in [-0.2, -0.15) is 4.31 Å². The van der Waals surface area contributed by atoms with Gasteiger partial charge in [-0.15, -0.1) is 0 Å². The average molecular weight is 474 g/mol. The van der Waals surface area contributed by atoms with Gasteiger partial charge in [-0.25, -0.2) is 8.42 Å². The smallest absolute Gasteiger partial charge is 0.293 e. The van der Waals surface area contributed by atoms with Crippen molar-refractivity contribution in [3.63, 3.8) is 0 Å². The van der Waals surface area contributed by atoms with E-state index in [2.05, 4.69) is 27.2 Å². The molecule has 2 aromatic rings. The van der Waals surface area contributed by atoms with E-state index in [0.717, 1.165) is 32.5 Å². The lowest BCUT2D eigenvalue weighted by atomic mass is 10.0. The summed E-state index contributed by atoms with van der Waals surface area (Å²) in [7, 11) is -1.81. The lowest BCUT2D eigenvalue weighted by Gasteiger charge is -2.33. The fourth-order valence-corrected chi connectivity index (χ4v) is 5.86. The Morgan fingerprint density at radius 3 is 2.30 bits per heavy atom. The Bertz CT molecular complexity index is 1060. The van der Waals surface area contributed by atoms with Crippen LogP contribution < -0.4 is 5.32 Å². The van der Waals surface area contributed by atoms with E-state index in [1.54, 1.807) is 0 Å². The van der Waals surface area contributed by atoms with Crippen LogP contribution in [0.4, 0.5) is 11.4 Å². The summed E-state index contributed by atoms with van der Waals surface area (Å²) in [6.45, 7) is 4.75. The van der Waals surface area contributed by atoms with E-state index in [-0.39, 0.29) is 16.6 Å². The van der Waals surface area contributed by atoms with E-state index in [1.165, 1.54) is 28.1 Å². The number of benzene rings is 2. The number of hydrogen-bond acceptors (Lipinski definition) is 7. The van der Waals surface area contributed by atoms with Crippen molar-refractivity contribution in [1.29, 1.82) is 0 Å². The SMILES string of the molecule is CN1CCN(S(=O)(=O)c2ccc(NC3CCN(Cc4ccccc4)CC3)c([N+](=O)[O-])c2)CC1. The third-order valence-electron chi connectivity index (χ3n) is 6.46. The molecule has 10 heteroatoms. The first kappa shape index (κ1) is 23.6. The van der Waals surface area contributed by atoms with Crippen molar-refractivity contribution in [3.8, 4) is 0 Å². The number of likely N-dealkylation sites (N-methyl/N-ethyl adjacent to an activating group) is 1. The highest BCUT2D eigenvalue weighted by Crippen LogP contribution is 2.31. The van der Waals surface area contributed by atoms with Crippen molar-refractivity contribution in [3.05, 3.63) is 64.2 Å². The third kappa shape index (κ3) is 5.70. The molecule has 0 amide bonds. The van der Waals surface area contributed by atoms with Gasteiger partial charge in [-0.1, -0.05) is 30.3 Å². The Balaban J connectivity index is 1.42. The molecule has 2 aliphatic rings. The van der Waals surface area contributed by atoms with Crippen LogP contribution in [0.25, 0.3) is 0 Å². The molecule has 0 radical (unpaired) electrons. The van der Waals surface area contributed by atoms with Crippen LogP contribution in [0.3, 0.4) is 0 Å². The molecule has 2 heterocycles. The van der Waals surface area contributed by atoms with E-state index in [0.29, 0.717) is 31.9 Å². The summed E-state index contributed by atoms with van der Waals surface area (Å²) in [6.07, 6.45) is 1.73. The number of nitrogens with one attached hydrogen (secondary N) is 1. The molecule has 2 aliphatic heterocycles. The zero-order valence-corrected chi connectivity index (χ0v) is 19.7. The van der Waals surface area contributed by atoms with Crippen LogP contribution in [0.2, 0.25) is 0 Å². The Morgan fingerprint density at radius 2 is 1.67 bits per heavy atom. The van der Waals surface area contributed by atoms with Gasteiger partial charge in [-0.3, -0.25) is 15.0 Å². The topological polar surface area (TPSA) is 99.0 Å². The molecule has 2 aromatic carbocycles. The number of nitro benzene ring substituents is 1. The number of likely N-dealkylation sites (tertiary alicyclic amines) is 1. The average Bonchev–Trinajstić information content (AvgIpc) is 2.81. The van der Waals surface area contributed by atoms with E-state index in [4.69, 9.17) is 0 Å². The number of sulfonamides is 1. The normalized spacial score (nSPS) is 19.4. The minimum absolute atomic E-state index is 0.0259. The van der Waals surface area contributed by atoms with Crippen LogP contribution in [0, 0.1) is 10.1 Å². The number of piperazine rings is 1. The minimum Gasteiger partial charge on any atom is -0.377 e. The summed E-state index contributed by atoms with van der Waals surface area (Å²) < 4.78 is 27.4. The summed E-state index contributed by atoms with van der Waals surface area (Å²) >= 11 is 0. The Morgan fingerprint density at radius 1 is 1.00 bits per heavy atom. The standard InChI is InChI=1S/C23H31N5O4S/c1-25-13-15-27(16-14-25)33(31,32)21-7-8-22(23(17-21)28(29)30)24-20-9-11-26(12-10-20)18-19-5-3-2-4-6-19/h2-8,17,20,24H,9-16,18H2,1H3. The molecule has 0 aromatic heterocycles. The molecule has 1 N–H and O–H groups in total. The van der Waals surface area contributed by atoms with Crippen molar-refractivity contribution in [1.82, 2.24) is 14.1 Å². The van der Waals surface area contributed by atoms with Crippen LogP contribution in [-0.2, 0) is 16.6 Å². The van der Waals surface area contributed by atoms with Crippen molar-refractivity contribution >= 4 is 21.4 Å². The Labute approximate surface area is 195 Å². The molecule has 2 saturated heterocycles. The second kappa shape index (κ2) is 10.2. The summed E-state index contributed by atoms with van der Waals surface area (Å²) in [4.78, 5) is 15.7. The third-order valence-corrected chi connectivity index (χ3v) is 8.36. The number of anilines is 1. The van der Waals surface area contributed by atoms with Gasteiger partial charge < -0.3 is 10.2 Å². The van der Waals surface area contributed by atoms with Crippen LogP contribution >= 0.6 is 0 Å². The van der Waals surface area contributed by atoms with Gasteiger partial charge in [-0.05, 0) is 37.6 Å². The van der Waals surface area contributed by atoms with Gasteiger partial charge >= 0.3 is 0 Å². The van der Waals surface area contributed by atoms with Gasteiger partial charge in [0.05, 0.1) is 9.82 Å². The fraction of sp³-hybridized carbons (Fsp3) is 0.478. The largest absolute Gasteiger partial charge is 0.377 e. The first-order chi connectivity index (χ1) is 15.8. The minimum atomic E-state index is -3.76. The molecule has 178 valence electrons. The van der Waals surface area contributed by atoms with E-state index >= 15 is 0 Å². The fourth-order valence-electron chi connectivity index (χ4n) is 4.42. The lowest BCUT2D eigenvalue weighted by molar-refractivity contribution is -0.384. The lowest BCUT2D eigenvalue weighted by Crippen LogP contribution is -2.47. The summed E-state index contributed by atoms with van der Waals surface area (Å²) in [5.41, 5.74) is 1.45. The maximum atomic E-state index is 13.0. The number of hydrogen-bond donors (Lipinski definition) is 1. The Kier molecular flexibility index (Phi) is 7.28. The Hall–Kier alpha value is -2.53. The molecule has 0 aliphatic carbocycles. The molecule has 9 nitrogen and oxygen atoms in total. The molecule has 0 saturated carbocycles. The summed E-state index contributed by atoms with van der Waals surface area (Å²) in [5, 5.41) is 15.1. The predicted molar refractivity (Wildman–Crippen MR) is 128 cm³/mol. The summed E-state index contributed by atoms with van der Waals surface area (Å²) in [6, 6.07) is 14.6. The predicted octanol–water partition coefficient (Wildman–Crippen LogP) is 2.61. The van der Waals surface area contributed by atoms with Gasteiger partial charge in [0, 0.05) is 57.9 Å². The molecule has 0 unspecified atom stereocenters. The van der Waals surface area contributed by atoms with E-state index in [9.17, 15) is 18.5 Å². The highest BCUT2D eigenvalue weighted by molar-refractivity contribution is 7.89. The summed E-state index contributed by atoms with van der Waals surface area (Å²) in [5.74, 6) is 0. The number of piperidine rings is 1. The van der Waals surface area contributed by atoms with Gasteiger partial charge in [0.1, 0.15) is 5.69 Å². The van der Waals surface area contributed by atoms with Crippen molar-refractivity contribution in [2.45, 2.75) is 30.3 Å². The molecule has 33 heavy (non-hydrogen) atoms. The van der Waals surface area contributed by atoms with Gasteiger partial charge in [0.25, 0.3) is 5.69 Å². The highest BCUT2D eigenvalue weighted by Gasteiger charge is 2.30. The zero-order chi connectivity index (χ0) is 23.4. The maximum Gasteiger partial charge on any atom is 0.293 e. The van der Waals surface area contributed by atoms with Crippen molar-refractivity contribution in [2.24, 2.45) is 0 Å². The first-order valence-electron chi connectivity index (χ1n) is 11.3. The zero-order valence-electron chi connectivity index (χ0n) is 18.9. The van der Waals surface area contributed by atoms with Crippen molar-refractivity contribution in [2.75, 3.05) is 51.6 Å². The second-order valence-corrected chi connectivity index (χ2v) is 10.8.